The fraction of sp³-hybridized carbons (Fsp3) is 0.462. The van der Waals surface area contributed by atoms with E-state index in [1.165, 1.54) is 20.3 Å². The highest BCUT2D eigenvalue weighted by atomic mass is 16.5. The predicted molar refractivity (Wildman–Crippen MR) is 150 cm³/mol. The second-order valence-electron chi connectivity index (χ2n) is 9.48. The zero-order valence-corrected chi connectivity index (χ0v) is 24.1. The van der Waals surface area contributed by atoms with Crippen molar-refractivity contribution in [1.29, 1.82) is 0 Å². The summed E-state index contributed by atoms with van der Waals surface area (Å²) in [6.45, 7) is 17.6. The molecule has 4 rings (SSSR count). The molecule has 0 aliphatic carbocycles. The maximum atomic E-state index is 11.4. The molecule has 212 valence electrons. The van der Waals surface area contributed by atoms with Gasteiger partial charge in [-0.2, -0.15) is 15.0 Å². The van der Waals surface area contributed by atoms with Gasteiger partial charge in [-0.05, 0) is 48.5 Å². The molecular weight excluding hydrogens is 502 g/mol. The van der Waals surface area contributed by atoms with Gasteiger partial charge in [0.15, 0.2) is 11.2 Å². The van der Waals surface area contributed by atoms with Crippen LogP contribution in [0.4, 0.5) is 5.95 Å². The van der Waals surface area contributed by atoms with E-state index in [2.05, 4.69) is 31.8 Å². The Kier molecular flexibility index (Phi) is 10.6. The summed E-state index contributed by atoms with van der Waals surface area (Å²) in [5.41, 5.74) is 7.53. The first-order chi connectivity index (χ1) is 18.3. The topological polar surface area (TPSA) is 155 Å². The largest absolute Gasteiger partial charge is 0.481 e. The highest BCUT2D eigenvalue weighted by Crippen LogP contribution is 2.23. The van der Waals surface area contributed by atoms with Crippen LogP contribution in [0.15, 0.2) is 42.0 Å². The summed E-state index contributed by atoms with van der Waals surface area (Å²) in [5, 5.41) is 2.62. The van der Waals surface area contributed by atoms with Gasteiger partial charge in [0, 0.05) is 42.2 Å². The van der Waals surface area contributed by atoms with Crippen molar-refractivity contribution in [2.24, 2.45) is 0 Å². The first-order valence-corrected chi connectivity index (χ1v) is 12.4. The monoisotopic (exact) mass is 541 g/mol. The molecule has 0 spiro atoms. The van der Waals surface area contributed by atoms with Crippen LogP contribution in [0.3, 0.4) is 0 Å². The number of hydrogen-bond acceptors (Lipinski definition) is 10. The molecule has 0 aromatic carbocycles. The smallest absolute Gasteiger partial charge is 0.351 e. The Hall–Kier alpha value is -4.42. The number of carbonyl (C=O) groups excluding carboxylic acids is 1. The molecular formula is C26H39N9O4. The predicted octanol–water partition coefficient (Wildman–Crippen LogP) is 2.95. The maximum absolute atomic E-state index is 11.4. The number of aromatic nitrogens is 6. The van der Waals surface area contributed by atoms with Crippen molar-refractivity contribution >= 4 is 23.0 Å². The number of ether oxygens (including phenoxy) is 2. The van der Waals surface area contributed by atoms with Crippen molar-refractivity contribution in [3.8, 4) is 11.8 Å². The number of amides is 1. The van der Waals surface area contributed by atoms with Gasteiger partial charge in [0.1, 0.15) is 5.82 Å². The lowest BCUT2D eigenvalue weighted by Gasteiger charge is -2.29. The molecule has 0 saturated carbocycles. The molecule has 1 aliphatic rings. The number of nitrogens with two attached hydrogens (primary N) is 1. The average Bonchev–Trinajstić information content (AvgIpc) is 3.29. The van der Waals surface area contributed by atoms with Crippen LogP contribution in [0.1, 0.15) is 59.2 Å². The molecule has 13 heteroatoms. The normalized spacial score (nSPS) is 12.8. The summed E-state index contributed by atoms with van der Waals surface area (Å²) in [5.74, 6) is 1.56. The lowest BCUT2D eigenvalue weighted by Crippen LogP contribution is -2.38. The molecule has 3 N–H and O–H groups in total. The van der Waals surface area contributed by atoms with Crippen molar-refractivity contribution in [3.63, 3.8) is 0 Å². The van der Waals surface area contributed by atoms with Crippen LogP contribution in [0, 0.1) is 6.92 Å². The quantitative estimate of drug-likeness (QED) is 0.492. The lowest BCUT2D eigenvalue weighted by atomic mass is 10.3. The SMILES string of the molecule is C=C1NC(=O)C=CN1C(C)C.COc1nc(=O)n(C(C)C)cc1C.COc1nc(N)nc2c1ncn2C(C)C. The van der Waals surface area contributed by atoms with Gasteiger partial charge in [-0.1, -0.05) is 6.58 Å². The number of nitrogens with one attached hydrogen (secondary N) is 1. The molecule has 0 saturated heterocycles. The van der Waals surface area contributed by atoms with E-state index in [0.29, 0.717) is 34.8 Å². The second kappa shape index (κ2) is 13.4. The fourth-order valence-corrected chi connectivity index (χ4v) is 3.53. The molecule has 3 aromatic heterocycles. The first kappa shape index (κ1) is 30.8. The van der Waals surface area contributed by atoms with Gasteiger partial charge in [0.05, 0.1) is 20.5 Å². The van der Waals surface area contributed by atoms with Crippen molar-refractivity contribution in [3.05, 3.63) is 53.2 Å². The number of anilines is 1. The van der Waals surface area contributed by atoms with Gasteiger partial charge >= 0.3 is 5.69 Å². The summed E-state index contributed by atoms with van der Waals surface area (Å²) in [4.78, 5) is 40.1. The Morgan fingerprint density at radius 3 is 2.05 bits per heavy atom. The molecule has 0 radical (unpaired) electrons. The average molecular weight is 542 g/mol. The highest BCUT2D eigenvalue weighted by molar-refractivity contribution is 5.89. The van der Waals surface area contributed by atoms with E-state index in [0.717, 1.165) is 5.56 Å². The first-order valence-electron chi connectivity index (χ1n) is 12.4. The summed E-state index contributed by atoms with van der Waals surface area (Å²) >= 11 is 0. The molecule has 0 fully saturated rings. The summed E-state index contributed by atoms with van der Waals surface area (Å²) in [6, 6.07) is 0.734. The van der Waals surface area contributed by atoms with Crippen LogP contribution in [0.5, 0.6) is 11.8 Å². The lowest BCUT2D eigenvalue weighted by molar-refractivity contribution is -0.116. The number of rotatable bonds is 5. The van der Waals surface area contributed by atoms with Crippen LogP contribution in [-0.2, 0) is 4.79 Å². The molecule has 0 atom stereocenters. The zero-order valence-electron chi connectivity index (χ0n) is 24.1. The van der Waals surface area contributed by atoms with Gasteiger partial charge in [-0.25, -0.2) is 9.78 Å². The molecule has 4 heterocycles. The van der Waals surface area contributed by atoms with E-state index >= 15 is 0 Å². The van der Waals surface area contributed by atoms with E-state index < -0.39 is 0 Å². The van der Waals surface area contributed by atoms with Crippen LogP contribution in [0.2, 0.25) is 0 Å². The van der Waals surface area contributed by atoms with E-state index in [9.17, 15) is 9.59 Å². The Morgan fingerprint density at radius 2 is 1.54 bits per heavy atom. The van der Waals surface area contributed by atoms with Crippen LogP contribution in [-0.4, -0.2) is 60.1 Å². The molecule has 39 heavy (non-hydrogen) atoms. The fourth-order valence-electron chi connectivity index (χ4n) is 3.53. The Labute approximate surface area is 228 Å². The summed E-state index contributed by atoms with van der Waals surface area (Å²) in [7, 11) is 3.05. The minimum Gasteiger partial charge on any atom is -0.481 e. The molecule has 0 unspecified atom stereocenters. The Morgan fingerprint density at radius 1 is 0.923 bits per heavy atom. The van der Waals surface area contributed by atoms with Crippen molar-refractivity contribution in [2.45, 2.75) is 66.6 Å². The third kappa shape index (κ3) is 7.79. The van der Waals surface area contributed by atoms with Crippen LogP contribution >= 0.6 is 0 Å². The number of nitrogens with zero attached hydrogens (tertiary/aromatic N) is 7. The number of hydrogen-bond donors (Lipinski definition) is 2. The van der Waals surface area contributed by atoms with Crippen molar-refractivity contribution < 1.29 is 14.3 Å². The van der Waals surface area contributed by atoms with E-state index in [-0.39, 0.29) is 29.6 Å². The Bertz CT molecular complexity index is 1390. The summed E-state index contributed by atoms with van der Waals surface area (Å²) in [6.07, 6.45) is 6.71. The molecule has 1 aliphatic heterocycles. The second-order valence-corrected chi connectivity index (χ2v) is 9.48. The van der Waals surface area contributed by atoms with Gasteiger partial charge in [-0.15, -0.1) is 0 Å². The standard InChI is InChI=1S/C9H13N5O.C9H14N2O2.C8H12N2O/c1-5(2)14-4-11-6-7(14)12-9(10)13-8(6)15-3;1-6(2)11-5-7(3)8(13-4)10-9(11)12;1-6(2)10-5-4-8(11)9-7(10)3/h4-5H,1-3H3,(H2,10,12,13);5-6H,1-4H3;4-6H,3H2,1-2H3,(H,9,11). The number of carbonyl (C=O) groups is 1. The van der Waals surface area contributed by atoms with Crippen LogP contribution < -0.4 is 26.2 Å². The third-order valence-corrected chi connectivity index (χ3v) is 5.52. The molecule has 1 amide bonds. The van der Waals surface area contributed by atoms with Gasteiger partial charge in [0.2, 0.25) is 17.7 Å². The number of nitrogen functional groups attached to an aromatic ring is 1. The number of methoxy groups -OCH3 is 2. The minimum atomic E-state index is -0.266. The van der Waals surface area contributed by atoms with E-state index in [1.807, 2.05) is 57.9 Å². The number of aryl methyl sites for hydroxylation is 1. The van der Waals surface area contributed by atoms with E-state index in [4.69, 9.17) is 15.2 Å². The van der Waals surface area contributed by atoms with Crippen molar-refractivity contribution in [1.82, 2.24) is 39.3 Å². The zero-order chi connectivity index (χ0) is 29.4. The van der Waals surface area contributed by atoms with Gasteiger partial charge in [0.25, 0.3) is 5.91 Å². The molecule has 3 aromatic rings. The Balaban J connectivity index is 0.000000208. The number of imidazole rings is 1. The summed E-state index contributed by atoms with van der Waals surface area (Å²) < 4.78 is 13.5. The minimum absolute atomic E-state index is 0.105. The highest BCUT2D eigenvalue weighted by Gasteiger charge is 2.15. The molecule has 13 nitrogen and oxygen atoms in total. The van der Waals surface area contributed by atoms with Crippen LogP contribution in [0.25, 0.3) is 11.2 Å². The van der Waals surface area contributed by atoms with Crippen molar-refractivity contribution in [2.75, 3.05) is 20.0 Å². The third-order valence-electron chi connectivity index (χ3n) is 5.52. The molecule has 0 bridgehead atoms. The van der Waals surface area contributed by atoms with Gasteiger partial charge < -0.3 is 30.0 Å². The van der Waals surface area contributed by atoms with E-state index in [1.54, 1.807) is 23.3 Å². The maximum Gasteiger partial charge on any atom is 0.351 e. The van der Waals surface area contributed by atoms with Gasteiger partial charge in [-0.3, -0.25) is 9.36 Å². The number of fused-ring (bicyclic) bond motifs is 1.